The summed E-state index contributed by atoms with van der Waals surface area (Å²) in [5, 5.41) is 3.22. The molecule has 1 aliphatic carbocycles. The first kappa shape index (κ1) is 16.8. The summed E-state index contributed by atoms with van der Waals surface area (Å²) in [5.74, 6) is 0.832. The molecule has 0 atom stereocenters. The molecule has 0 saturated heterocycles. The van der Waals surface area contributed by atoms with Gasteiger partial charge in [-0.3, -0.25) is 4.79 Å². The Balaban J connectivity index is 1.59. The summed E-state index contributed by atoms with van der Waals surface area (Å²) in [4.78, 5) is 21.8. The largest absolute Gasteiger partial charge is 0.349 e. The molecule has 0 aliphatic heterocycles. The quantitative estimate of drug-likeness (QED) is 0.725. The van der Waals surface area contributed by atoms with Crippen LogP contribution >= 0.6 is 0 Å². The number of carbonyl (C=O) groups is 1. The highest BCUT2D eigenvalue weighted by molar-refractivity contribution is 5.95. The Morgan fingerprint density at radius 3 is 2.69 bits per heavy atom. The first-order valence-electron chi connectivity index (χ1n) is 9.41. The molecule has 2 aromatic heterocycles. The van der Waals surface area contributed by atoms with E-state index in [4.69, 9.17) is 0 Å². The van der Waals surface area contributed by atoms with Crippen LogP contribution in [0.4, 0.5) is 0 Å². The van der Waals surface area contributed by atoms with Crippen molar-refractivity contribution in [1.82, 2.24) is 19.9 Å². The highest BCUT2D eigenvalue weighted by Crippen LogP contribution is 2.23. The van der Waals surface area contributed by atoms with E-state index in [0.717, 1.165) is 35.4 Å². The summed E-state index contributed by atoms with van der Waals surface area (Å²) in [6.45, 7) is 0. The SMILES string of the molecule is Cn1c(-c2cccc(C(=O)NC3CCCCCC3)c2)nc2cccnc21. The third-order valence-electron chi connectivity index (χ3n) is 5.20. The van der Waals surface area contributed by atoms with Crippen molar-refractivity contribution < 1.29 is 4.79 Å². The molecule has 5 nitrogen and oxygen atoms in total. The minimum absolute atomic E-state index is 0.00985. The Morgan fingerprint density at radius 2 is 1.92 bits per heavy atom. The Kier molecular flexibility index (Phi) is 4.69. The molecule has 2 heterocycles. The lowest BCUT2D eigenvalue weighted by Crippen LogP contribution is -2.34. The van der Waals surface area contributed by atoms with E-state index in [9.17, 15) is 4.79 Å². The first-order chi connectivity index (χ1) is 12.7. The van der Waals surface area contributed by atoms with E-state index in [-0.39, 0.29) is 5.91 Å². The number of pyridine rings is 1. The Bertz CT molecular complexity index is 923. The van der Waals surface area contributed by atoms with Crippen LogP contribution in [0.15, 0.2) is 42.6 Å². The summed E-state index contributed by atoms with van der Waals surface area (Å²) in [6, 6.07) is 11.8. The van der Waals surface area contributed by atoms with Crippen LogP contribution < -0.4 is 5.32 Å². The van der Waals surface area contributed by atoms with Crippen LogP contribution in [0.1, 0.15) is 48.9 Å². The lowest BCUT2D eigenvalue weighted by Gasteiger charge is -2.16. The van der Waals surface area contributed by atoms with E-state index in [2.05, 4.69) is 15.3 Å². The van der Waals surface area contributed by atoms with Gasteiger partial charge in [-0.25, -0.2) is 9.97 Å². The van der Waals surface area contributed by atoms with Gasteiger partial charge in [-0.05, 0) is 37.1 Å². The number of nitrogens with one attached hydrogen (secondary N) is 1. The van der Waals surface area contributed by atoms with Crippen molar-refractivity contribution in [3.8, 4) is 11.4 Å². The van der Waals surface area contributed by atoms with Gasteiger partial charge in [-0.1, -0.05) is 37.8 Å². The third kappa shape index (κ3) is 3.34. The standard InChI is InChI=1S/C21H24N4O/c1-25-19(24-18-12-7-13-22-20(18)25)15-8-6-9-16(14-15)21(26)23-17-10-4-2-3-5-11-17/h6-9,12-14,17H,2-5,10-11H2,1H3,(H,23,26). The Hall–Kier alpha value is -2.69. The fraction of sp³-hybridized carbons (Fsp3) is 0.381. The number of hydrogen-bond acceptors (Lipinski definition) is 3. The molecule has 1 fully saturated rings. The summed E-state index contributed by atoms with van der Waals surface area (Å²) in [7, 11) is 1.95. The highest BCUT2D eigenvalue weighted by Gasteiger charge is 2.17. The molecule has 1 aromatic carbocycles. The van der Waals surface area contributed by atoms with Crippen molar-refractivity contribution in [2.45, 2.75) is 44.6 Å². The molecular formula is C21H24N4O. The van der Waals surface area contributed by atoms with Gasteiger partial charge in [-0.2, -0.15) is 0 Å². The molecule has 3 aromatic rings. The number of nitrogens with zero attached hydrogens (tertiary/aromatic N) is 3. The van der Waals surface area contributed by atoms with Gasteiger partial charge in [0.25, 0.3) is 5.91 Å². The number of amides is 1. The Morgan fingerprint density at radius 1 is 1.12 bits per heavy atom. The van der Waals surface area contributed by atoms with Gasteiger partial charge in [0.1, 0.15) is 11.3 Å². The zero-order valence-corrected chi connectivity index (χ0v) is 15.1. The van der Waals surface area contributed by atoms with Crippen molar-refractivity contribution in [2.24, 2.45) is 7.05 Å². The molecule has 4 rings (SSSR count). The van der Waals surface area contributed by atoms with Gasteiger partial charge in [0, 0.05) is 30.4 Å². The van der Waals surface area contributed by atoms with Gasteiger partial charge >= 0.3 is 0 Å². The summed E-state index contributed by atoms with van der Waals surface area (Å²) >= 11 is 0. The number of aryl methyl sites for hydroxylation is 1. The van der Waals surface area contributed by atoms with E-state index in [1.165, 1.54) is 25.7 Å². The normalized spacial score (nSPS) is 15.7. The van der Waals surface area contributed by atoms with Crippen molar-refractivity contribution in [1.29, 1.82) is 0 Å². The molecule has 26 heavy (non-hydrogen) atoms. The zero-order chi connectivity index (χ0) is 17.9. The summed E-state index contributed by atoms with van der Waals surface area (Å²) in [5.41, 5.74) is 3.32. The van der Waals surface area contributed by atoms with Crippen LogP contribution in [0.3, 0.4) is 0 Å². The Labute approximate surface area is 153 Å². The molecule has 1 N–H and O–H groups in total. The molecule has 1 amide bonds. The van der Waals surface area contributed by atoms with Crippen LogP contribution in [0.5, 0.6) is 0 Å². The molecule has 1 aliphatic rings. The van der Waals surface area contributed by atoms with E-state index < -0.39 is 0 Å². The average molecular weight is 348 g/mol. The van der Waals surface area contributed by atoms with Crippen molar-refractivity contribution in [3.63, 3.8) is 0 Å². The number of aromatic nitrogens is 3. The molecule has 0 unspecified atom stereocenters. The van der Waals surface area contributed by atoms with E-state index in [1.54, 1.807) is 6.20 Å². The van der Waals surface area contributed by atoms with E-state index >= 15 is 0 Å². The first-order valence-corrected chi connectivity index (χ1v) is 9.41. The number of rotatable bonds is 3. The second-order valence-electron chi connectivity index (χ2n) is 7.08. The predicted octanol–water partition coefficient (Wildman–Crippen LogP) is 4.09. The predicted molar refractivity (Wildman–Crippen MR) is 103 cm³/mol. The van der Waals surface area contributed by atoms with Gasteiger partial charge in [0.15, 0.2) is 5.65 Å². The highest BCUT2D eigenvalue weighted by atomic mass is 16.1. The van der Waals surface area contributed by atoms with Gasteiger partial charge < -0.3 is 9.88 Å². The average Bonchev–Trinajstić information content (AvgIpc) is 2.83. The maximum absolute atomic E-state index is 12.7. The fourth-order valence-corrected chi connectivity index (χ4v) is 3.77. The number of carbonyl (C=O) groups excluding carboxylic acids is 1. The smallest absolute Gasteiger partial charge is 0.251 e. The van der Waals surface area contributed by atoms with Crippen LogP contribution in [-0.2, 0) is 7.05 Å². The van der Waals surface area contributed by atoms with Crippen molar-refractivity contribution in [3.05, 3.63) is 48.2 Å². The fourth-order valence-electron chi connectivity index (χ4n) is 3.77. The molecule has 5 heteroatoms. The third-order valence-corrected chi connectivity index (χ3v) is 5.20. The minimum Gasteiger partial charge on any atom is -0.349 e. The van der Waals surface area contributed by atoms with Gasteiger partial charge in [-0.15, -0.1) is 0 Å². The maximum atomic E-state index is 12.7. The number of benzene rings is 1. The number of imidazole rings is 1. The van der Waals surface area contributed by atoms with Crippen molar-refractivity contribution in [2.75, 3.05) is 0 Å². The lowest BCUT2D eigenvalue weighted by atomic mass is 10.1. The second-order valence-corrected chi connectivity index (χ2v) is 7.08. The zero-order valence-electron chi connectivity index (χ0n) is 15.1. The molecule has 1 saturated carbocycles. The lowest BCUT2D eigenvalue weighted by molar-refractivity contribution is 0.0933. The monoisotopic (exact) mass is 348 g/mol. The van der Waals surface area contributed by atoms with Gasteiger partial charge in [0.05, 0.1) is 0 Å². The van der Waals surface area contributed by atoms with Crippen LogP contribution in [0, 0.1) is 0 Å². The molecule has 134 valence electrons. The van der Waals surface area contributed by atoms with Crippen molar-refractivity contribution >= 4 is 17.1 Å². The van der Waals surface area contributed by atoms with Crippen LogP contribution in [-0.4, -0.2) is 26.5 Å². The second kappa shape index (κ2) is 7.28. The maximum Gasteiger partial charge on any atom is 0.251 e. The summed E-state index contributed by atoms with van der Waals surface area (Å²) in [6.07, 6.45) is 8.91. The topological polar surface area (TPSA) is 59.8 Å². The molecule has 0 radical (unpaired) electrons. The van der Waals surface area contributed by atoms with E-state index in [1.807, 2.05) is 48.0 Å². The molecule has 0 spiro atoms. The summed E-state index contributed by atoms with van der Waals surface area (Å²) < 4.78 is 1.97. The van der Waals surface area contributed by atoms with Gasteiger partial charge in [0.2, 0.25) is 0 Å². The molecule has 0 bridgehead atoms. The van der Waals surface area contributed by atoms with Crippen LogP contribution in [0.25, 0.3) is 22.6 Å². The van der Waals surface area contributed by atoms with Crippen LogP contribution in [0.2, 0.25) is 0 Å². The van der Waals surface area contributed by atoms with E-state index in [0.29, 0.717) is 11.6 Å². The number of fused-ring (bicyclic) bond motifs is 1. The number of hydrogen-bond donors (Lipinski definition) is 1. The molecular weight excluding hydrogens is 324 g/mol. The minimum atomic E-state index is 0.00985.